The zero-order valence-electron chi connectivity index (χ0n) is 14.9. The van der Waals surface area contributed by atoms with Crippen molar-refractivity contribution >= 4 is 24.0 Å². The van der Waals surface area contributed by atoms with Gasteiger partial charge in [-0.1, -0.05) is 30.7 Å². The fourth-order valence-corrected chi connectivity index (χ4v) is 3.46. The number of esters is 2. The molecule has 0 unspecified atom stereocenters. The van der Waals surface area contributed by atoms with Crippen molar-refractivity contribution in [1.29, 1.82) is 0 Å². The van der Waals surface area contributed by atoms with Crippen LogP contribution in [0.1, 0.15) is 48.2 Å². The van der Waals surface area contributed by atoms with Crippen LogP contribution in [0.5, 0.6) is 0 Å². The van der Waals surface area contributed by atoms with Crippen molar-refractivity contribution in [2.24, 2.45) is 0 Å². The largest absolute Gasteiger partial charge is 0.545 e. The van der Waals surface area contributed by atoms with E-state index in [9.17, 15) is 19.5 Å². The van der Waals surface area contributed by atoms with E-state index in [1.165, 1.54) is 18.2 Å². The highest BCUT2D eigenvalue weighted by Gasteiger charge is 2.46. The van der Waals surface area contributed by atoms with Gasteiger partial charge in [0.1, 0.15) is 17.1 Å². The molecule has 1 aliphatic heterocycles. The van der Waals surface area contributed by atoms with Crippen molar-refractivity contribution < 1.29 is 33.4 Å². The molecule has 0 bridgehead atoms. The van der Waals surface area contributed by atoms with Gasteiger partial charge in [0.05, 0.1) is 5.97 Å². The SMILES string of the molecule is O=C1OC2(CCCCC2)OC(=O)C1=Cc1ccc(-c2ccc(C(=O)[O-])cc2)o1. The van der Waals surface area contributed by atoms with Crippen molar-refractivity contribution in [1.82, 2.24) is 0 Å². The number of furan rings is 1. The lowest BCUT2D eigenvalue weighted by Gasteiger charge is -2.38. The number of carboxylic acids is 1. The summed E-state index contributed by atoms with van der Waals surface area (Å²) in [5.74, 6) is -3.08. The molecule has 2 heterocycles. The van der Waals surface area contributed by atoms with Crippen molar-refractivity contribution in [3.8, 4) is 11.3 Å². The van der Waals surface area contributed by atoms with Crippen LogP contribution in [0, 0.1) is 0 Å². The third kappa shape index (κ3) is 3.43. The first-order chi connectivity index (χ1) is 13.5. The minimum absolute atomic E-state index is 0.0574. The second-order valence-electron chi connectivity index (χ2n) is 6.88. The Bertz CT molecular complexity index is 937. The Morgan fingerprint density at radius 1 is 0.929 bits per heavy atom. The number of carbonyl (C=O) groups is 3. The van der Waals surface area contributed by atoms with Gasteiger partial charge in [-0.05, 0) is 30.5 Å². The lowest BCUT2D eigenvalue weighted by Crippen LogP contribution is -2.47. The van der Waals surface area contributed by atoms with E-state index < -0.39 is 23.7 Å². The van der Waals surface area contributed by atoms with Crippen LogP contribution in [0.3, 0.4) is 0 Å². The van der Waals surface area contributed by atoms with E-state index >= 15 is 0 Å². The minimum atomic E-state index is -1.26. The van der Waals surface area contributed by atoms with E-state index in [0.29, 0.717) is 24.2 Å². The van der Waals surface area contributed by atoms with Crippen molar-refractivity contribution in [2.45, 2.75) is 37.9 Å². The van der Waals surface area contributed by atoms with E-state index in [4.69, 9.17) is 13.9 Å². The topological polar surface area (TPSA) is 106 Å². The van der Waals surface area contributed by atoms with Crippen molar-refractivity contribution in [2.75, 3.05) is 0 Å². The molecule has 7 nitrogen and oxygen atoms in total. The van der Waals surface area contributed by atoms with Gasteiger partial charge in [0.15, 0.2) is 0 Å². The van der Waals surface area contributed by atoms with Crippen LogP contribution >= 0.6 is 0 Å². The Kier molecular flexibility index (Phi) is 4.50. The Morgan fingerprint density at radius 2 is 1.57 bits per heavy atom. The summed E-state index contributed by atoms with van der Waals surface area (Å²) in [4.78, 5) is 35.6. The Hall–Kier alpha value is -3.35. The number of rotatable bonds is 3. The summed E-state index contributed by atoms with van der Waals surface area (Å²) in [5.41, 5.74) is 0.482. The molecule has 1 saturated heterocycles. The summed E-state index contributed by atoms with van der Waals surface area (Å²) < 4.78 is 16.5. The molecule has 1 aliphatic carbocycles. The fraction of sp³-hybridized carbons (Fsp3) is 0.286. The van der Waals surface area contributed by atoms with Gasteiger partial charge in [0.2, 0.25) is 0 Å². The molecule has 2 aliphatic rings. The molecule has 1 aromatic carbocycles. The maximum atomic E-state index is 12.4. The van der Waals surface area contributed by atoms with E-state index in [1.54, 1.807) is 24.3 Å². The molecule has 144 valence electrons. The lowest BCUT2D eigenvalue weighted by molar-refractivity contribution is -0.255. The van der Waals surface area contributed by atoms with Crippen LogP contribution in [-0.4, -0.2) is 23.7 Å². The minimum Gasteiger partial charge on any atom is -0.545 e. The van der Waals surface area contributed by atoms with Gasteiger partial charge in [0.25, 0.3) is 5.79 Å². The number of benzene rings is 1. The molecule has 0 atom stereocenters. The molecular formula is C21H17O7-. The monoisotopic (exact) mass is 381 g/mol. The summed E-state index contributed by atoms with van der Waals surface area (Å²) >= 11 is 0. The van der Waals surface area contributed by atoms with Gasteiger partial charge >= 0.3 is 11.9 Å². The molecule has 0 N–H and O–H groups in total. The van der Waals surface area contributed by atoms with Crippen LogP contribution in [0.25, 0.3) is 17.4 Å². The number of aromatic carboxylic acids is 1. The predicted molar refractivity (Wildman–Crippen MR) is 94.5 cm³/mol. The molecular weight excluding hydrogens is 364 g/mol. The fourth-order valence-electron chi connectivity index (χ4n) is 3.46. The standard InChI is InChI=1S/C21H18O7/c22-18(23)14-6-4-13(5-7-14)17-9-8-15(26-17)12-16-19(24)27-21(28-20(16)25)10-2-1-3-11-21/h4-9,12H,1-3,10-11H2,(H,22,23)/p-1. The molecule has 0 radical (unpaired) electrons. The molecule has 1 spiro atoms. The first-order valence-corrected chi connectivity index (χ1v) is 9.06. The average molecular weight is 381 g/mol. The van der Waals surface area contributed by atoms with Gasteiger partial charge in [0, 0.05) is 24.5 Å². The molecule has 7 heteroatoms. The average Bonchev–Trinajstić information content (AvgIpc) is 3.14. The quantitative estimate of drug-likeness (QED) is 0.457. The summed E-state index contributed by atoms with van der Waals surface area (Å²) in [6, 6.07) is 9.23. The molecule has 2 fully saturated rings. The smallest absolute Gasteiger partial charge is 0.349 e. The van der Waals surface area contributed by atoms with Crippen LogP contribution in [0.2, 0.25) is 0 Å². The maximum absolute atomic E-state index is 12.4. The van der Waals surface area contributed by atoms with Gasteiger partial charge in [-0.15, -0.1) is 0 Å². The molecule has 2 aromatic rings. The lowest BCUT2D eigenvalue weighted by atomic mass is 9.93. The van der Waals surface area contributed by atoms with Crippen molar-refractivity contribution in [3.05, 3.63) is 53.3 Å². The molecule has 1 saturated carbocycles. The normalized spacial score (nSPS) is 18.5. The Morgan fingerprint density at radius 3 is 2.18 bits per heavy atom. The van der Waals surface area contributed by atoms with Gasteiger partial charge < -0.3 is 23.8 Å². The van der Waals surface area contributed by atoms with Gasteiger partial charge in [-0.2, -0.15) is 0 Å². The van der Waals surface area contributed by atoms with Crippen LogP contribution in [-0.2, 0) is 19.1 Å². The van der Waals surface area contributed by atoms with E-state index in [0.717, 1.165) is 19.3 Å². The molecule has 1 aromatic heterocycles. The van der Waals surface area contributed by atoms with Crippen molar-refractivity contribution in [3.63, 3.8) is 0 Å². The maximum Gasteiger partial charge on any atom is 0.349 e. The number of carbonyl (C=O) groups excluding carboxylic acids is 3. The van der Waals surface area contributed by atoms with Crippen LogP contribution in [0.15, 0.2) is 46.4 Å². The highest BCUT2D eigenvalue weighted by molar-refractivity contribution is 6.18. The number of hydrogen-bond donors (Lipinski definition) is 0. The second kappa shape index (κ2) is 6.99. The molecule has 0 amide bonds. The number of carboxylic acid groups (broad SMARTS) is 1. The molecule has 4 rings (SSSR count). The van der Waals surface area contributed by atoms with Crippen LogP contribution in [0.4, 0.5) is 0 Å². The van der Waals surface area contributed by atoms with E-state index in [-0.39, 0.29) is 16.9 Å². The van der Waals surface area contributed by atoms with Gasteiger partial charge in [-0.25, -0.2) is 9.59 Å². The number of ether oxygens (including phenoxy) is 2. The van der Waals surface area contributed by atoms with Crippen LogP contribution < -0.4 is 5.11 Å². The third-order valence-corrected chi connectivity index (χ3v) is 4.93. The zero-order chi connectivity index (χ0) is 19.7. The highest BCUT2D eigenvalue weighted by atomic mass is 16.7. The Labute approximate surface area is 160 Å². The summed E-state index contributed by atoms with van der Waals surface area (Å²) in [6.45, 7) is 0. The summed E-state index contributed by atoms with van der Waals surface area (Å²) in [7, 11) is 0. The summed E-state index contributed by atoms with van der Waals surface area (Å²) in [6.07, 6.45) is 5.04. The number of hydrogen-bond acceptors (Lipinski definition) is 7. The molecule has 28 heavy (non-hydrogen) atoms. The van der Waals surface area contributed by atoms with Gasteiger partial charge in [-0.3, -0.25) is 0 Å². The predicted octanol–water partition coefficient (Wildman–Crippen LogP) is 2.45. The second-order valence-corrected chi connectivity index (χ2v) is 6.88. The Balaban J connectivity index is 1.54. The van der Waals surface area contributed by atoms with E-state index in [2.05, 4.69) is 0 Å². The first-order valence-electron chi connectivity index (χ1n) is 9.06. The third-order valence-electron chi connectivity index (χ3n) is 4.93. The van der Waals surface area contributed by atoms with E-state index in [1.807, 2.05) is 0 Å². The first kappa shape index (κ1) is 18.0. The zero-order valence-corrected chi connectivity index (χ0v) is 14.9. The summed E-state index contributed by atoms with van der Waals surface area (Å²) in [5, 5.41) is 10.8. The highest BCUT2D eigenvalue weighted by Crippen LogP contribution is 2.37.